The molecule has 1 aliphatic rings. The molecule has 2 unspecified atom stereocenters. The summed E-state index contributed by atoms with van der Waals surface area (Å²) in [6, 6.07) is 2.37. The average molecular weight is 258 g/mol. The molecule has 1 fully saturated rings. The van der Waals surface area contributed by atoms with Crippen LogP contribution in [-0.2, 0) is 6.18 Å². The highest BCUT2D eigenvalue weighted by Crippen LogP contribution is 2.34. The Bertz CT molecular complexity index is 403. The van der Waals surface area contributed by atoms with Crippen molar-refractivity contribution in [2.75, 3.05) is 11.9 Å². The van der Waals surface area contributed by atoms with Crippen LogP contribution in [0, 0.1) is 11.8 Å². The molecule has 0 aromatic carbocycles. The standard InChI is InChI=1S/C13H17F3N2/c1-9-4-5-10(7-9)8-18-12-11(13(14,15)16)3-2-6-17-12/h2-3,6,9-10H,4-5,7-8H2,1H3,(H,17,18). The van der Waals surface area contributed by atoms with E-state index < -0.39 is 11.7 Å². The van der Waals surface area contributed by atoms with Gasteiger partial charge in [-0.2, -0.15) is 13.2 Å². The lowest BCUT2D eigenvalue weighted by Gasteiger charge is -2.15. The van der Waals surface area contributed by atoms with Gasteiger partial charge in [0.15, 0.2) is 0 Å². The molecule has 0 spiro atoms. The number of pyridine rings is 1. The van der Waals surface area contributed by atoms with Crippen LogP contribution in [-0.4, -0.2) is 11.5 Å². The Hall–Kier alpha value is -1.26. The molecule has 18 heavy (non-hydrogen) atoms. The van der Waals surface area contributed by atoms with Crippen LogP contribution in [0.25, 0.3) is 0 Å². The van der Waals surface area contributed by atoms with Gasteiger partial charge in [0.25, 0.3) is 0 Å². The van der Waals surface area contributed by atoms with Crippen molar-refractivity contribution in [3.8, 4) is 0 Å². The van der Waals surface area contributed by atoms with Gasteiger partial charge >= 0.3 is 6.18 Å². The number of hydrogen-bond acceptors (Lipinski definition) is 2. The summed E-state index contributed by atoms with van der Waals surface area (Å²) in [5, 5.41) is 2.85. The van der Waals surface area contributed by atoms with Gasteiger partial charge in [0.05, 0.1) is 5.56 Å². The number of rotatable bonds is 3. The van der Waals surface area contributed by atoms with Crippen molar-refractivity contribution in [1.29, 1.82) is 0 Å². The Labute approximate surface area is 105 Å². The monoisotopic (exact) mass is 258 g/mol. The third-order valence-corrected chi connectivity index (χ3v) is 3.47. The van der Waals surface area contributed by atoms with Gasteiger partial charge < -0.3 is 5.32 Å². The Morgan fingerprint density at radius 3 is 2.78 bits per heavy atom. The molecule has 1 heterocycles. The summed E-state index contributed by atoms with van der Waals surface area (Å²) in [5.41, 5.74) is -0.684. The van der Waals surface area contributed by atoms with Gasteiger partial charge in [0, 0.05) is 12.7 Å². The van der Waals surface area contributed by atoms with E-state index in [4.69, 9.17) is 0 Å². The summed E-state index contributed by atoms with van der Waals surface area (Å²) in [4.78, 5) is 3.79. The van der Waals surface area contributed by atoms with Crippen LogP contribution in [0.15, 0.2) is 18.3 Å². The van der Waals surface area contributed by atoms with Crippen molar-refractivity contribution in [2.24, 2.45) is 11.8 Å². The third-order valence-electron chi connectivity index (χ3n) is 3.47. The first-order valence-corrected chi connectivity index (χ1v) is 6.23. The van der Waals surface area contributed by atoms with E-state index >= 15 is 0 Å². The van der Waals surface area contributed by atoms with Gasteiger partial charge in [0.1, 0.15) is 5.82 Å². The highest BCUT2D eigenvalue weighted by molar-refractivity contribution is 5.45. The molecule has 0 aliphatic heterocycles. The maximum atomic E-state index is 12.7. The summed E-state index contributed by atoms with van der Waals surface area (Å²) in [7, 11) is 0. The summed E-state index contributed by atoms with van der Waals surface area (Å²) in [6.07, 6.45) is 0.374. The van der Waals surface area contributed by atoms with Crippen LogP contribution in [0.2, 0.25) is 0 Å². The molecule has 1 aromatic heterocycles. The molecule has 0 saturated heterocycles. The van der Waals surface area contributed by atoms with Crippen molar-refractivity contribution in [3.63, 3.8) is 0 Å². The Kier molecular flexibility index (Phi) is 3.78. The van der Waals surface area contributed by atoms with Gasteiger partial charge in [-0.15, -0.1) is 0 Å². The van der Waals surface area contributed by atoms with E-state index in [9.17, 15) is 13.2 Å². The largest absolute Gasteiger partial charge is 0.419 e. The number of anilines is 1. The van der Waals surface area contributed by atoms with Crippen LogP contribution in [0.5, 0.6) is 0 Å². The van der Waals surface area contributed by atoms with Crippen LogP contribution in [0.1, 0.15) is 31.7 Å². The maximum Gasteiger partial charge on any atom is 0.419 e. The van der Waals surface area contributed by atoms with Gasteiger partial charge in [-0.05, 0) is 36.8 Å². The summed E-state index contributed by atoms with van der Waals surface area (Å²) in [6.45, 7) is 2.76. The predicted molar refractivity (Wildman–Crippen MR) is 64.2 cm³/mol. The van der Waals surface area contributed by atoms with Crippen molar-refractivity contribution in [1.82, 2.24) is 4.98 Å². The van der Waals surface area contributed by atoms with Crippen LogP contribution in [0.4, 0.5) is 19.0 Å². The fourth-order valence-electron chi connectivity index (χ4n) is 2.53. The molecule has 1 aliphatic carbocycles. The van der Waals surface area contributed by atoms with Crippen molar-refractivity contribution in [2.45, 2.75) is 32.4 Å². The number of alkyl halides is 3. The molecule has 0 bridgehead atoms. The SMILES string of the molecule is CC1CCC(CNc2ncccc2C(F)(F)F)C1. The quantitative estimate of drug-likeness (QED) is 0.888. The molecule has 1 saturated carbocycles. The number of halogens is 3. The highest BCUT2D eigenvalue weighted by Gasteiger charge is 2.34. The molecule has 1 N–H and O–H groups in total. The molecule has 2 nitrogen and oxygen atoms in total. The Balaban J connectivity index is 2.01. The second-order valence-electron chi connectivity index (χ2n) is 5.06. The lowest BCUT2D eigenvalue weighted by atomic mass is 10.1. The fourth-order valence-corrected chi connectivity index (χ4v) is 2.53. The maximum absolute atomic E-state index is 12.7. The second kappa shape index (κ2) is 5.16. The van der Waals surface area contributed by atoms with Crippen LogP contribution >= 0.6 is 0 Å². The van der Waals surface area contributed by atoms with E-state index in [0.29, 0.717) is 18.4 Å². The fraction of sp³-hybridized carbons (Fsp3) is 0.615. The molecule has 2 atom stereocenters. The summed E-state index contributed by atoms with van der Waals surface area (Å²) < 4.78 is 38.2. The second-order valence-corrected chi connectivity index (χ2v) is 5.06. The van der Waals surface area contributed by atoms with Gasteiger partial charge in [0.2, 0.25) is 0 Å². The first-order chi connectivity index (χ1) is 8.47. The number of nitrogens with zero attached hydrogens (tertiary/aromatic N) is 1. The Morgan fingerprint density at radius 2 is 2.17 bits per heavy atom. The molecule has 5 heteroatoms. The molecule has 1 aromatic rings. The minimum Gasteiger partial charge on any atom is -0.369 e. The number of hydrogen-bond donors (Lipinski definition) is 1. The zero-order valence-electron chi connectivity index (χ0n) is 10.3. The zero-order chi connectivity index (χ0) is 13.2. The summed E-state index contributed by atoms with van der Waals surface area (Å²) >= 11 is 0. The highest BCUT2D eigenvalue weighted by atomic mass is 19.4. The van der Waals surface area contributed by atoms with E-state index in [1.807, 2.05) is 0 Å². The third kappa shape index (κ3) is 3.15. The average Bonchev–Trinajstić information content (AvgIpc) is 2.72. The van der Waals surface area contributed by atoms with Gasteiger partial charge in [-0.3, -0.25) is 0 Å². The predicted octanol–water partition coefficient (Wildman–Crippen LogP) is 3.95. The van der Waals surface area contributed by atoms with E-state index in [1.165, 1.54) is 18.7 Å². The van der Waals surface area contributed by atoms with E-state index in [1.54, 1.807) is 0 Å². The van der Waals surface area contributed by atoms with Crippen LogP contribution in [0.3, 0.4) is 0 Å². The smallest absolute Gasteiger partial charge is 0.369 e. The van der Waals surface area contributed by atoms with Gasteiger partial charge in [-0.25, -0.2) is 4.98 Å². The molecule has 0 amide bonds. The van der Waals surface area contributed by atoms with Crippen molar-refractivity contribution in [3.05, 3.63) is 23.9 Å². The van der Waals surface area contributed by atoms with Crippen molar-refractivity contribution >= 4 is 5.82 Å². The molecule has 100 valence electrons. The molecular formula is C13H17F3N2. The van der Waals surface area contributed by atoms with Crippen molar-refractivity contribution < 1.29 is 13.2 Å². The topological polar surface area (TPSA) is 24.9 Å². The first-order valence-electron chi connectivity index (χ1n) is 6.23. The lowest BCUT2D eigenvalue weighted by Crippen LogP contribution is -2.16. The minimum absolute atomic E-state index is 0.0513. The first kappa shape index (κ1) is 13.2. The zero-order valence-corrected chi connectivity index (χ0v) is 10.3. The molecule has 2 rings (SSSR count). The molecule has 0 radical (unpaired) electrons. The number of nitrogens with one attached hydrogen (secondary N) is 1. The van der Waals surface area contributed by atoms with E-state index in [0.717, 1.165) is 18.9 Å². The normalized spacial score (nSPS) is 24.2. The van der Waals surface area contributed by atoms with E-state index in [2.05, 4.69) is 17.2 Å². The Morgan fingerprint density at radius 1 is 1.39 bits per heavy atom. The van der Waals surface area contributed by atoms with Gasteiger partial charge in [-0.1, -0.05) is 13.3 Å². The number of aromatic nitrogens is 1. The molecular weight excluding hydrogens is 241 g/mol. The van der Waals surface area contributed by atoms with E-state index in [-0.39, 0.29) is 5.82 Å². The minimum atomic E-state index is -4.35. The lowest BCUT2D eigenvalue weighted by molar-refractivity contribution is -0.137. The van der Waals surface area contributed by atoms with Crippen LogP contribution < -0.4 is 5.32 Å². The summed E-state index contributed by atoms with van der Waals surface area (Å²) in [5.74, 6) is 1.09.